The van der Waals surface area contributed by atoms with Gasteiger partial charge in [-0.2, -0.15) is 0 Å². The fourth-order valence-corrected chi connectivity index (χ4v) is 0.709. The number of ether oxygens (including phenoxy) is 1. The maximum absolute atomic E-state index is 11.1. The van der Waals surface area contributed by atoms with Crippen LogP contribution in [-0.4, -0.2) is 11.6 Å². The van der Waals surface area contributed by atoms with Gasteiger partial charge in [-0.3, -0.25) is 0 Å². The summed E-state index contributed by atoms with van der Waals surface area (Å²) < 4.78 is 5.07. The molecule has 0 fully saturated rings. The van der Waals surface area contributed by atoms with Crippen LogP contribution in [0.1, 0.15) is 27.7 Å². The first-order chi connectivity index (χ1) is 6.45. The van der Waals surface area contributed by atoms with Gasteiger partial charge in [0.25, 0.3) is 0 Å². The van der Waals surface area contributed by atoms with Gasteiger partial charge in [0.2, 0.25) is 0 Å². The molecular formula is C12H18O2. The molecule has 0 aromatic carbocycles. The van der Waals surface area contributed by atoms with Crippen molar-refractivity contribution in [3.63, 3.8) is 0 Å². The number of carbonyl (C=O) groups excluding carboxylic acids is 1. The van der Waals surface area contributed by atoms with E-state index in [-0.39, 0.29) is 5.97 Å². The molecule has 0 atom stereocenters. The second-order valence-electron chi connectivity index (χ2n) is 3.80. The van der Waals surface area contributed by atoms with Gasteiger partial charge in [0, 0.05) is 6.08 Å². The largest absolute Gasteiger partial charge is 0.457 e. The lowest BCUT2D eigenvalue weighted by molar-refractivity contribution is -0.148. The molecule has 0 saturated heterocycles. The highest BCUT2D eigenvalue weighted by molar-refractivity contribution is 5.82. The molecule has 0 radical (unpaired) electrons. The van der Waals surface area contributed by atoms with Crippen molar-refractivity contribution in [3.05, 3.63) is 36.5 Å². The lowest BCUT2D eigenvalue weighted by Crippen LogP contribution is -2.22. The molecule has 0 aromatic rings. The van der Waals surface area contributed by atoms with Gasteiger partial charge in [0.15, 0.2) is 0 Å². The Bertz CT molecular complexity index is 252. The molecule has 0 unspecified atom stereocenters. The molecule has 14 heavy (non-hydrogen) atoms. The maximum Gasteiger partial charge on any atom is 0.331 e. The van der Waals surface area contributed by atoms with E-state index < -0.39 is 5.60 Å². The van der Waals surface area contributed by atoms with Crippen molar-refractivity contribution in [3.8, 4) is 0 Å². The monoisotopic (exact) mass is 194 g/mol. The summed E-state index contributed by atoms with van der Waals surface area (Å²) >= 11 is 0. The van der Waals surface area contributed by atoms with E-state index in [0.29, 0.717) is 0 Å². The van der Waals surface area contributed by atoms with Crippen LogP contribution < -0.4 is 0 Å². The minimum atomic E-state index is -0.422. The average Bonchev–Trinajstić information content (AvgIpc) is 2.00. The molecule has 0 spiro atoms. The predicted octanol–water partition coefficient (Wildman–Crippen LogP) is 3.02. The summed E-state index contributed by atoms with van der Waals surface area (Å²) in [5.74, 6) is -0.317. The molecule has 0 aliphatic heterocycles. The molecule has 0 heterocycles. The molecule has 0 bridgehead atoms. The van der Waals surface area contributed by atoms with Crippen LogP contribution in [0.5, 0.6) is 0 Å². The number of rotatable bonds is 3. The first-order valence-corrected chi connectivity index (χ1v) is 4.65. The smallest absolute Gasteiger partial charge is 0.331 e. The summed E-state index contributed by atoms with van der Waals surface area (Å²) in [5.41, 5.74) is -0.422. The van der Waals surface area contributed by atoms with Crippen LogP contribution in [0.4, 0.5) is 0 Å². The summed E-state index contributed by atoms with van der Waals surface area (Å²) in [7, 11) is 0. The Kier molecular flexibility index (Phi) is 5.61. The van der Waals surface area contributed by atoms with Gasteiger partial charge in [0.1, 0.15) is 5.60 Å². The van der Waals surface area contributed by atoms with Crippen molar-refractivity contribution in [1.29, 1.82) is 0 Å². The lowest BCUT2D eigenvalue weighted by atomic mass is 10.2. The van der Waals surface area contributed by atoms with Gasteiger partial charge in [-0.1, -0.05) is 30.4 Å². The Morgan fingerprint density at radius 1 is 1.07 bits per heavy atom. The Labute approximate surface area is 86.0 Å². The minimum Gasteiger partial charge on any atom is -0.457 e. The summed E-state index contributed by atoms with van der Waals surface area (Å²) in [4.78, 5) is 11.1. The molecule has 0 rings (SSSR count). The Hall–Kier alpha value is -1.31. The molecule has 0 amide bonds. The van der Waals surface area contributed by atoms with Crippen LogP contribution in [0.25, 0.3) is 0 Å². The van der Waals surface area contributed by atoms with E-state index in [4.69, 9.17) is 4.74 Å². The van der Waals surface area contributed by atoms with E-state index >= 15 is 0 Å². The van der Waals surface area contributed by atoms with E-state index in [0.717, 1.165) is 0 Å². The Morgan fingerprint density at radius 3 is 2.14 bits per heavy atom. The van der Waals surface area contributed by atoms with Gasteiger partial charge < -0.3 is 4.74 Å². The molecule has 0 aliphatic rings. The van der Waals surface area contributed by atoms with Crippen molar-refractivity contribution in [2.45, 2.75) is 33.3 Å². The highest BCUT2D eigenvalue weighted by Gasteiger charge is 2.13. The van der Waals surface area contributed by atoms with E-state index in [1.807, 2.05) is 45.9 Å². The van der Waals surface area contributed by atoms with Crippen LogP contribution in [0, 0.1) is 0 Å². The van der Waals surface area contributed by atoms with Crippen molar-refractivity contribution in [1.82, 2.24) is 0 Å². The number of carbonyl (C=O) groups is 1. The van der Waals surface area contributed by atoms with E-state index in [1.54, 1.807) is 12.2 Å². The Balaban J connectivity index is 3.95. The van der Waals surface area contributed by atoms with Crippen LogP contribution >= 0.6 is 0 Å². The fraction of sp³-hybridized carbons (Fsp3) is 0.417. The van der Waals surface area contributed by atoms with E-state index in [9.17, 15) is 4.79 Å². The number of hydrogen-bond acceptors (Lipinski definition) is 2. The summed E-state index contributed by atoms with van der Waals surface area (Å²) in [6, 6.07) is 0. The Morgan fingerprint density at radius 2 is 1.64 bits per heavy atom. The second kappa shape index (κ2) is 6.19. The van der Waals surface area contributed by atoms with Crippen molar-refractivity contribution in [2.24, 2.45) is 0 Å². The zero-order valence-corrected chi connectivity index (χ0v) is 9.28. The third-order valence-electron chi connectivity index (χ3n) is 1.16. The standard InChI is InChI=1S/C12H18O2/c1-5-6-7-8-9-10-11(13)14-12(2,3)4/h5-10H,1-4H3/b6-5?,8-7+,10-9+. The molecule has 0 N–H and O–H groups in total. The molecule has 78 valence electrons. The normalized spacial score (nSPS) is 13.1. The number of esters is 1. The summed E-state index contributed by atoms with van der Waals surface area (Å²) in [6.45, 7) is 7.46. The lowest BCUT2D eigenvalue weighted by Gasteiger charge is -2.17. The third-order valence-corrected chi connectivity index (χ3v) is 1.16. The molecule has 0 saturated carbocycles. The average molecular weight is 194 g/mol. The number of allylic oxidation sites excluding steroid dienone is 5. The maximum atomic E-state index is 11.1. The summed E-state index contributed by atoms with van der Waals surface area (Å²) in [6.07, 6.45) is 10.5. The van der Waals surface area contributed by atoms with Crippen LogP contribution in [0.15, 0.2) is 36.5 Å². The van der Waals surface area contributed by atoms with Crippen LogP contribution in [-0.2, 0) is 9.53 Å². The van der Waals surface area contributed by atoms with Crippen LogP contribution in [0.3, 0.4) is 0 Å². The fourth-order valence-electron chi connectivity index (χ4n) is 0.709. The highest BCUT2D eigenvalue weighted by atomic mass is 16.6. The molecule has 0 aromatic heterocycles. The molecule has 2 nitrogen and oxygen atoms in total. The highest BCUT2D eigenvalue weighted by Crippen LogP contribution is 2.06. The van der Waals surface area contributed by atoms with E-state index in [2.05, 4.69) is 0 Å². The topological polar surface area (TPSA) is 26.3 Å². The van der Waals surface area contributed by atoms with Crippen LogP contribution in [0.2, 0.25) is 0 Å². The second-order valence-corrected chi connectivity index (χ2v) is 3.80. The first-order valence-electron chi connectivity index (χ1n) is 4.65. The minimum absolute atomic E-state index is 0.317. The van der Waals surface area contributed by atoms with Gasteiger partial charge in [-0.15, -0.1) is 0 Å². The van der Waals surface area contributed by atoms with Gasteiger partial charge in [0.05, 0.1) is 0 Å². The predicted molar refractivity (Wildman–Crippen MR) is 58.9 cm³/mol. The molecule has 2 heteroatoms. The quantitative estimate of drug-likeness (QED) is 0.392. The first kappa shape index (κ1) is 12.7. The zero-order valence-electron chi connectivity index (χ0n) is 9.28. The third kappa shape index (κ3) is 8.78. The number of hydrogen-bond donors (Lipinski definition) is 0. The van der Waals surface area contributed by atoms with Gasteiger partial charge in [-0.25, -0.2) is 4.79 Å². The van der Waals surface area contributed by atoms with Gasteiger partial charge >= 0.3 is 5.97 Å². The van der Waals surface area contributed by atoms with Gasteiger partial charge in [-0.05, 0) is 27.7 Å². The zero-order chi connectivity index (χ0) is 11.0. The summed E-state index contributed by atoms with van der Waals surface area (Å²) in [5, 5.41) is 0. The van der Waals surface area contributed by atoms with Crippen molar-refractivity contribution >= 4 is 5.97 Å². The van der Waals surface area contributed by atoms with E-state index in [1.165, 1.54) is 6.08 Å². The van der Waals surface area contributed by atoms with Crippen molar-refractivity contribution < 1.29 is 9.53 Å². The van der Waals surface area contributed by atoms with Crippen molar-refractivity contribution in [2.75, 3.05) is 0 Å². The molecular weight excluding hydrogens is 176 g/mol. The SMILES string of the molecule is CC=C/C=C/C=C/C(=O)OC(C)(C)C. The molecule has 0 aliphatic carbocycles.